The lowest BCUT2D eigenvalue weighted by Crippen LogP contribution is -2.12. The number of hydrogen-bond donors (Lipinski definition) is 1. The predicted octanol–water partition coefficient (Wildman–Crippen LogP) is 4.39. The first-order valence-corrected chi connectivity index (χ1v) is 8.24. The van der Waals surface area contributed by atoms with Crippen molar-refractivity contribution in [1.82, 2.24) is 4.98 Å². The number of amides is 1. The number of benzene rings is 2. The van der Waals surface area contributed by atoms with Crippen molar-refractivity contribution in [2.45, 2.75) is 19.8 Å². The van der Waals surface area contributed by atoms with Gasteiger partial charge in [0, 0.05) is 24.1 Å². The highest BCUT2D eigenvalue weighted by molar-refractivity contribution is 5.97. The molecule has 0 aliphatic carbocycles. The number of aryl methyl sites for hydroxylation is 1. The maximum Gasteiger partial charge on any atom is 0.224 e. The number of anilines is 1. The smallest absolute Gasteiger partial charge is 0.224 e. The van der Waals surface area contributed by atoms with Gasteiger partial charge in [-0.25, -0.2) is 13.8 Å². The third-order valence-corrected chi connectivity index (χ3v) is 3.88. The van der Waals surface area contributed by atoms with Crippen LogP contribution in [-0.2, 0) is 11.2 Å². The lowest BCUT2D eigenvalue weighted by atomic mass is 10.1. The number of carbonyl (C=O) groups excluding carboxylic acids is 2. The minimum Gasteiger partial charge on any atom is -0.441 e. The molecular formula is C20H16F2N2O3. The second-order valence-corrected chi connectivity index (χ2v) is 5.90. The van der Waals surface area contributed by atoms with E-state index in [4.69, 9.17) is 4.42 Å². The first-order chi connectivity index (χ1) is 12.9. The number of Topliss-reactive ketones (excluding diaryl/α,β-unsaturated/α-hetero) is 1. The zero-order valence-electron chi connectivity index (χ0n) is 14.5. The monoisotopic (exact) mass is 370 g/mol. The van der Waals surface area contributed by atoms with Crippen LogP contribution in [0.2, 0.25) is 0 Å². The van der Waals surface area contributed by atoms with Gasteiger partial charge < -0.3 is 9.73 Å². The molecule has 0 radical (unpaired) electrons. The second-order valence-electron chi connectivity index (χ2n) is 5.90. The van der Waals surface area contributed by atoms with Crippen LogP contribution in [0.4, 0.5) is 14.5 Å². The van der Waals surface area contributed by atoms with Gasteiger partial charge in [0.25, 0.3) is 0 Å². The molecule has 2 aromatic carbocycles. The number of halogens is 2. The van der Waals surface area contributed by atoms with Crippen LogP contribution in [0.15, 0.2) is 53.1 Å². The molecule has 3 rings (SSSR count). The average molecular weight is 370 g/mol. The molecule has 3 aromatic rings. The molecule has 1 heterocycles. The highest BCUT2D eigenvalue weighted by atomic mass is 19.1. The number of oxazole rings is 1. The number of nitrogens with one attached hydrogen (secondary N) is 1. The number of rotatable bonds is 6. The molecule has 0 aliphatic heterocycles. The van der Waals surface area contributed by atoms with E-state index in [0.717, 1.165) is 12.1 Å². The van der Waals surface area contributed by atoms with E-state index in [1.807, 2.05) is 0 Å². The highest BCUT2D eigenvalue weighted by Gasteiger charge is 2.16. The quantitative estimate of drug-likeness (QED) is 0.653. The van der Waals surface area contributed by atoms with Crippen molar-refractivity contribution < 1.29 is 22.8 Å². The van der Waals surface area contributed by atoms with E-state index in [-0.39, 0.29) is 41.7 Å². The molecule has 0 atom stereocenters. The molecule has 1 aromatic heterocycles. The van der Waals surface area contributed by atoms with Crippen molar-refractivity contribution in [1.29, 1.82) is 0 Å². The van der Waals surface area contributed by atoms with E-state index >= 15 is 0 Å². The van der Waals surface area contributed by atoms with Crippen LogP contribution in [0, 0.1) is 11.6 Å². The molecule has 0 saturated carbocycles. The summed E-state index contributed by atoms with van der Waals surface area (Å²) in [4.78, 5) is 27.4. The molecule has 138 valence electrons. The van der Waals surface area contributed by atoms with Crippen molar-refractivity contribution in [2.24, 2.45) is 0 Å². The molecule has 5 nitrogen and oxygen atoms in total. The van der Waals surface area contributed by atoms with Gasteiger partial charge in [0.1, 0.15) is 11.6 Å². The van der Waals surface area contributed by atoms with Crippen molar-refractivity contribution >= 4 is 17.4 Å². The van der Waals surface area contributed by atoms with Gasteiger partial charge in [-0.3, -0.25) is 9.59 Å². The minimum absolute atomic E-state index is 0.0323. The zero-order chi connectivity index (χ0) is 19.4. The summed E-state index contributed by atoms with van der Waals surface area (Å²) >= 11 is 0. The Kier molecular flexibility index (Phi) is 5.40. The van der Waals surface area contributed by atoms with E-state index in [1.165, 1.54) is 19.2 Å². The van der Waals surface area contributed by atoms with Crippen molar-refractivity contribution in [3.05, 3.63) is 71.8 Å². The van der Waals surface area contributed by atoms with Crippen molar-refractivity contribution in [2.75, 3.05) is 5.32 Å². The molecule has 1 amide bonds. The third-order valence-electron chi connectivity index (χ3n) is 3.88. The summed E-state index contributed by atoms with van der Waals surface area (Å²) in [5.41, 5.74) is 0.716. The summed E-state index contributed by atoms with van der Waals surface area (Å²) in [6, 6.07) is 10.1. The number of carbonyl (C=O) groups is 2. The van der Waals surface area contributed by atoms with Gasteiger partial charge in [-0.1, -0.05) is 18.2 Å². The predicted molar refractivity (Wildman–Crippen MR) is 95.3 cm³/mol. The first-order valence-electron chi connectivity index (χ1n) is 8.24. The lowest BCUT2D eigenvalue weighted by molar-refractivity contribution is -0.116. The Morgan fingerprint density at radius 3 is 2.52 bits per heavy atom. The Labute approximate surface area is 154 Å². The van der Waals surface area contributed by atoms with Gasteiger partial charge >= 0.3 is 0 Å². The summed E-state index contributed by atoms with van der Waals surface area (Å²) in [7, 11) is 0. The van der Waals surface area contributed by atoms with E-state index < -0.39 is 11.6 Å². The molecule has 0 unspecified atom stereocenters. The van der Waals surface area contributed by atoms with Crippen LogP contribution >= 0.6 is 0 Å². The summed E-state index contributed by atoms with van der Waals surface area (Å²) in [5, 5.41) is 2.68. The van der Waals surface area contributed by atoms with E-state index in [9.17, 15) is 18.4 Å². The third kappa shape index (κ3) is 4.44. The Morgan fingerprint density at radius 2 is 1.81 bits per heavy atom. The Bertz CT molecular complexity index is 978. The standard InChI is InChI=1S/C20H16F2N2O3/c1-12(25)13-4-2-5-14(10-13)24-18(26)8-9-19-23-11-17(27-19)20-15(21)6-3-7-16(20)22/h2-7,10-11H,8-9H2,1H3,(H,24,26). The van der Waals surface area contributed by atoms with Gasteiger partial charge in [-0.15, -0.1) is 0 Å². The highest BCUT2D eigenvalue weighted by Crippen LogP contribution is 2.26. The van der Waals surface area contributed by atoms with Crippen LogP contribution < -0.4 is 5.32 Å². The van der Waals surface area contributed by atoms with Crippen LogP contribution in [-0.4, -0.2) is 16.7 Å². The normalized spacial score (nSPS) is 10.6. The summed E-state index contributed by atoms with van der Waals surface area (Å²) in [6.45, 7) is 1.44. The maximum atomic E-state index is 13.8. The summed E-state index contributed by atoms with van der Waals surface area (Å²) < 4.78 is 32.9. The number of ketones is 1. The topological polar surface area (TPSA) is 72.2 Å². The number of hydrogen-bond acceptors (Lipinski definition) is 4. The molecule has 0 aliphatic rings. The Hall–Kier alpha value is -3.35. The fourth-order valence-corrected chi connectivity index (χ4v) is 2.53. The van der Waals surface area contributed by atoms with Gasteiger partial charge in [-0.05, 0) is 31.2 Å². The minimum atomic E-state index is -0.749. The zero-order valence-corrected chi connectivity index (χ0v) is 14.5. The maximum absolute atomic E-state index is 13.8. The van der Waals surface area contributed by atoms with Gasteiger partial charge in [0.2, 0.25) is 5.91 Å². The molecule has 7 heteroatoms. The largest absolute Gasteiger partial charge is 0.441 e. The summed E-state index contributed by atoms with van der Waals surface area (Å²) in [5.74, 6) is -1.73. The molecule has 0 fully saturated rings. The lowest BCUT2D eigenvalue weighted by Gasteiger charge is -2.05. The fourth-order valence-electron chi connectivity index (χ4n) is 2.53. The van der Waals surface area contributed by atoms with Gasteiger partial charge in [-0.2, -0.15) is 0 Å². The fraction of sp³-hybridized carbons (Fsp3) is 0.150. The molecule has 0 saturated heterocycles. The number of aromatic nitrogens is 1. The van der Waals surface area contributed by atoms with Crippen molar-refractivity contribution in [3.63, 3.8) is 0 Å². The SMILES string of the molecule is CC(=O)c1cccc(NC(=O)CCc2ncc(-c3c(F)cccc3F)o2)c1. The van der Waals surface area contributed by atoms with Crippen LogP contribution in [0.1, 0.15) is 29.6 Å². The van der Waals surface area contributed by atoms with Crippen LogP contribution in [0.5, 0.6) is 0 Å². The summed E-state index contributed by atoms with van der Waals surface area (Å²) in [6.07, 6.45) is 1.45. The van der Waals surface area contributed by atoms with Crippen molar-refractivity contribution in [3.8, 4) is 11.3 Å². The second kappa shape index (κ2) is 7.90. The average Bonchev–Trinajstić information content (AvgIpc) is 3.08. The number of nitrogens with zero attached hydrogens (tertiary/aromatic N) is 1. The van der Waals surface area contributed by atoms with E-state index in [0.29, 0.717) is 11.3 Å². The van der Waals surface area contributed by atoms with E-state index in [1.54, 1.807) is 24.3 Å². The van der Waals surface area contributed by atoms with Crippen LogP contribution in [0.25, 0.3) is 11.3 Å². The Balaban J connectivity index is 1.62. The molecule has 1 N–H and O–H groups in total. The molecule has 0 bridgehead atoms. The van der Waals surface area contributed by atoms with Crippen LogP contribution in [0.3, 0.4) is 0 Å². The van der Waals surface area contributed by atoms with E-state index in [2.05, 4.69) is 10.3 Å². The molecular weight excluding hydrogens is 354 g/mol. The Morgan fingerprint density at radius 1 is 1.11 bits per heavy atom. The van der Waals surface area contributed by atoms with Gasteiger partial charge in [0.15, 0.2) is 17.4 Å². The van der Waals surface area contributed by atoms with Gasteiger partial charge in [0.05, 0.1) is 11.8 Å². The first kappa shape index (κ1) is 18.4. The molecule has 0 spiro atoms. The molecule has 27 heavy (non-hydrogen) atoms.